The van der Waals surface area contributed by atoms with Gasteiger partial charge in [-0.25, -0.2) is 0 Å². The van der Waals surface area contributed by atoms with Gasteiger partial charge in [0.1, 0.15) is 5.60 Å². The monoisotopic (exact) mass is 338 g/mol. The maximum atomic E-state index is 12.6. The van der Waals surface area contributed by atoms with E-state index in [1.807, 2.05) is 21.7 Å². The first-order valence-electron chi connectivity index (χ1n) is 8.25. The molecule has 5 nitrogen and oxygen atoms in total. The molecule has 0 aromatic carbocycles. The number of nitrogens with zero attached hydrogens (tertiary/aromatic N) is 2. The first kappa shape index (κ1) is 16.9. The summed E-state index contributed by atoms with van der Waals surface area (Å²) in [4.78, 5) is 16.7. The van der Waals surface area contributed by atoms with Crippen molar-refractivity contribution in [3.05, 3.63) is 22.4 Å². The summed E-state index contributed by atoms with van der Waals surface area (Å²) in [5, 5.41) is 4.06. The fourth-order valence-electron chi connectivity index (χ4n) is 3.45. The van der Waals surface area contributed by atoms with Crippen LogP contribution in [0.1, 0.15) is 18.4 Å². The van der Waals surface area contributed by atoms with Crippen LogP contribution in [0.15, 0.2) is 16.8 Å². The number of rotatable bonds is 4. The molecule has 2 atom stereocenters. The molecule has 0 saturated carbocycles. The highest BCUT2D eigenvalue weighted by molar-refractivity contribution is 7.07. The predicted octanol–water partition coefficient (Wildman–Crippen LogP) is 1.63. The first-order chi connectivity index (χ1) is 11.1. The van der Waals surface area contributed by atoms with Crippen LogP contribution >= 0.6 is 11.3 Å². The molecule has 2 fully saturated rings. The van der Waals surface area contributed by atoms with Crippen molar-refractivity contribution in [2.24, 2.45) is 0 Å². The summed E-state index contributed by atoms with van der Waals surface area (Å²) < 4.78 is 12.1. The van der Waals surface area contributed by atoms with E-state index in [9.17, 15) is 4.79 Å². The van der Waals surface area contributed by atoms with E-state index in [2.05, 4.69) is 19.0 Å². The number of likely N-dealkylation sites (N-methyl/N-ethyl adjacent to an activating group) is 1. The largest absolute Gasteiger partial charge is 0.377 e. The van der Waals surface area contributed by atoms with E-state index in [0.29, 0.717) is 32.7 Å². The quantitative estimate of drug-likeness (QED) is 0.837. The highest BCUT2D eigenvalue weighted by Gasteiger charge is 2.43. The molecule has 0 N–H and O–H groups in total. The molecule has 2 unspecified atom stereocenters. The zero-order valence-corrected chi connectivity index (χ0v) is 14.8. The minimum absolute atomic E-state index is 0.174. The summed E-state index contributed by atoms with van der Waals surface area (Å²) >= 11 is 1.63. The van der Waals surface area contributed by atoms with Gasteiger partial charge in [-0.3, -0.25) is 4.79 Å². The number of hydrogen-bond donors (Lipinski definition) is 0. The van der Waals surface area contributed by atoms with Crippen molar-refractivity contribution in [1.29, 1.82) is 0 Å². The van der Waals surface area contributed by atoms with Crippen molar-refractivity contribution in [3.8, 4) is 0 Å². The van der Waals surface area contributed by atoms with Gasteiger partial charge in [-0.05, 0) is 49.3 Å². The summed E-state index contributed by atoms with van der Waals surface area (Å²) in [5.74, 6) is 0.174. The van der Waals surface area contributed by atoms with E-state index in [1.165, 1.54) is 0 Å². The minimum atomic E-state index is -0.318. The smallest absolute Gasteiger partial charge is 0.227 e. The molecule has 6 heteroatoms. The summed E-state index contributed by atoms with van der Waals surface area (Å²) in [6.07, 6.45) is 2.71. The Hall–Kier alpha value is -0.950. The third-order valence-corrected chi connectivity index (χ3v) is 5.28. The van der Waals surface area contributed by atoms with E-state index in [0.717, 1.165) is 24.9 Å². The molecule has 2 aliphatic rings. The van der Waals surface area contributed by atoms with E-state index in [-0.39, 0.29) is 17.6 Å². The second-order valence-corrected chi connectivity index (χ2v) is 7.68. The minimum Gasteiger partial charge on any atom is -0.377 e. The topological polar surface area (TPSA) is 42.0 Å². The van der Waals surface area contributed by atoms with Crippen molar-refractivity contribution in [1.82, 2.24) is 9.80 Å². The zero-order chi connectivity index (χ0) is 16.3. The SMILES string of the molecule is CN(C)CC1CCC2(COCCN(C(=O)Cc3ccsc3)C2)O1. The third-order valence-electron chi connectivity index (χ3n) is 4.55. The first-order valence-corrected chi connectivity index (χ1v) is 9.20. The average molecular weight is 338 g/mol. The van der Waals surface area contributed by atoms with Crippen LogP contribution in [0, 0.1) is 0 Å². The van der Waals surface area contributed by atoms with Crippen molar-refractivity contribution in [3.63, 3.8) is 0 Å². The van der Waals surface area contributed by atoms with E-state index in [1.54, 1.807) is 11.3 Å². The van der Waals surface area contributed by atoms with Gasteiger partial charge in [0.15, 0.2) is 0 Å². The van der Waals surface area contributed by atoms with Crippen LogP contribution in [0.2, 0.25) is 0 Å². The molecule has 1 spiro atoms. The molecular formula is C17H26N2O3S. The van der Waals surface area contributed by atoms with Crippen molar-refractivity contribution >= 4 is 17.2 Å². The van der Waals surface area contributed by atoms with Gasteiger partial charge in [0, 0.05) is 13.1 Å². The fourth-order valence-corrected chi connectivity index (χ4v) is 4.12. The molecule has 3 rings (SSSR count). The maximum absolute atomic E-state index is 12.6. The molecule has 128 valence electrons. The van der Waals surface area contributed by atoms with Crippen LogP contribution in [-0.2, 0) is 20.7 Å². The number of carbonyl (C=O) groups is 1. The number of thiophene rings is 1. The van der Waals surface area contributed by atoms with E-state index in [4.69, 9.17) is 9.47 Å². The van der Waals surface area contributed by atoms with Crippen LogP contribution in [0.5, 0.6) is 0 Å². The lowest BCUT2D eigenvalue weighted by molar-refractivity contribution is -0.135. The Bertz CT molecular complexity index is 520. The highest BCUT2D eigenvalue weighted by atomic mass is 32.1. The second-order valence-electron chi connectivity index (χ2n) is 6.90. The number of amides is 1. The molecule has 0 radical (unpaired) electrons. The van der Waals surface area contributed by atoms with Gasteiger partial charge < -0.3 is 19.3 Å². The number of carbonyl (C=O) groups excluding carboxylic acids is 1. The Kier molecular flexibility index (Phi) is 5.36. The van der Waals surface area contributed by atoms with Crippen molar-refractivity contribution in [2.45, 2.75) is 31.0 Å². The Balaban J connectivity index is 1.63. The molecular weight excluding hydrogens is 312 g/mol. The number of hydrogen-bond acceptors (Lipinski definition) is 5. The molecule has 2 saturated heterocycles. The number of ether oxygens (including phenoxy) is 2. The predicted molar refractivity (Wildman–Crippen MR) is 90.8 cm³/mol. The lowest BCUT2D eigenvalue weighted by Crippen LogP contribution is -2.47. The van der Waals surface area contributed by atoms with Gasteiger partial charge in [0.25, 0.3) is 0 Å². The van der Waals surface area contributed by atoms with Crippen LogP contribution in [-0.4, -0.2) is 74.4 Å². The third kappa shape index (κ3) is 4.32. The molecule has 1 aromatic heterocycles. The normalized spacial score (nSPS) is 28.5. The van der Waals surface area contributed by atoms with Crippen LogP contribution in [0.4, 0.5) is 0 Å². The van der Waals surface area contributed by atoms with Gasteiger partial charge in [0.2, 0.25) is 5.91 Å². The Morgan fingerprint density at radius 3 is 3.13 bits per heavy atom. The maximum Gasteiger partial charge on any atom is 0.227 e. The lowest BCUT2D eigenvalue weighted by Gasteiger charge is -2.32. The van der Waals surface area contributed by atoms with Crippen molar-refractivity contribution in [2.75, 3.05) is 46.9 Å². The van der Waals surface area contributed by atoms with Crippen molar-refractivity contribution < 1.29 is 14.3 Å². The molecule has 23 heavy (non-hydrogen) atoms. The Morgan fingerprint density at radius 2 is 2.39 bits per heavy atom. The molecule has 0 aliphatic carbocycles. The summed E-state index contributed by atoms with van der Waals surface area (Å²) in [5.41, 5.74) is 0.777. The van der Waals surface area contributed by atoms with Gasteiger partial charge >= 0.3 is 0 Å². The van der Waals surface area contributed by atoms with Gasteiger partial charge in [-0.1, -0.05) is 0 Å². The molecule has 2 aliphatic heterocycles. The van der Waals surface area contributed by atoms with E-state index >= 15 is 0 Å². The van der Waals surface area contributed by atoms with Gasteiger partial charge in [0.05, 0.1) is 32.3 Å². The fraction of sp³-hybridized carbons (Fsp3) is 0.706. The molecule has 1 aromatic rings. The second kappa shape index (κ2) is 7.30. The molecule has 3 heterocycles. The van der Waals surface area contributed by atoms with Crippen LogP contribution < -0.4 is 0 Å². The zero-order valence-electron chi connectivity index (χ0n) is 14.0. The van der Waals surface area contributed by atoms with Gasteiger partial charge in [-0.2, -0.15) is 11.3 Å². The highest BCUT2D eigenvalue weighted by Crippen LogP contribution is 2.33. The van der Waals surface area contributed by atoms with Gasteiger partial charge in [-0.15, -0.1) is 0 Å². The Morgan fingerprint density at radius 1 is 1.52 bits per heavy atom. The van der Waals surface area contributed by atoms with Crippen LogP contribution in [0.3, 0.4) is 0 Å². The average Bonchev–Trinajstić information content (AvgIpc) is 3.07. The molecule has 1 amide bonds. The summed E-state index contributed by atoms with van der Waals surface area (Å²) in [6.45, 7) is 3.43. The summed E-state index contributed by atoms with van der Waals surface area (Å²) in [6, 6.07) is 2.02. The summed E-state index contributed by atoms with van der Waals surface area (Å²) in [7, 11) is 4.13. The molecule has 0 bridgehead atoms. The standard InChI is InChI=1S/C17H26N2O3S/c1-18(2)10-15-3-5-17(22-15)12-19(6-7-21-13-17)16(20)9-14-4-8-23-11-14/h4,8,11,15H,3,5-7,9-10,12-13H2,1-2H3. The van der Waals surface area contributed by atoms with Crippen LogP contribution in [0.25, 0.3) is 0 Å². The van der Waals surface area contributed by atoms with E-state index < -0.39 is 0 Å². The Labute approximate surface area is 142 Å². The lowest BCUT2D eigenvalue weighted by atomic mass is 9.99.